The minimum atomic E-state index is -1.05. The molecule has 0 radical (unpaired) electrons. The summed E-state index contributed by atoms with van der Waals surface area (Å²) in [5.41, 5.74) is 0.106. The molecular weight excluding hydrogens is 350 g/mol. The van der Waals surface area contributed by atoms with Crippen molar-refractivity contribution in [3.8, 4) is 0 Å². The van der Waals surface area contributed by atoms with Crippen molar-refractivity contribution >= 4 is 17.9 Å². The number of hydrogen-bond donors (Lipinski definition) is 3. The summed E-state index contributed by atoms with van der Waals surface area (Å²) < 4.78 is 5.35. The fraction of sp³-hybridized carbons (Fsp3) is 0.632. The van der Waals surface area contributed by atoms with E-state index in [4.69, 9.17) is 9.52 Å². The Balaban J connectivity index is 1.78. The van der Waals surface area contributed by atoms with Crippen molar-refractivity contribution in [3.63, 3.8) is 0 Å². The lowest BCUT2D eigenvalue weighted by Gasteiger charge is -2.32. The summed E-state index contributed by atoms with van der Waals surface area (Å²) in [6, 6.07) is 1.36. The van der Waals surface area contributed by atoms with Crippen LogP contribution in [-0.4, -0.2) is 47.5 Å². The summed E-state index contributed by atoms with van der Waals surface area (Å²) >= 11 is 0. The molecule has 1 aliphatic rings. The van der Waals surface area contributed by atoms with E-state index in [-0.39, 0.29) is 30.0 Å². The number of piperidine rings is 1. The van der Waals surface area contributed by atoms with Crippen LogP contribution in [0.5, 0.6) is 0 Å². The Labute approximate surface area is 159 Å². The normalized spacial score (nSPS) is 17.0. The van der Waals surface area contributed by atoms with Crippen LogP contribution in [0.15, 0.2) is 10.5 Å². The summed E-state index contributed by atoms with van der Waals surface area (Å²) in [6.07, 6.45) is 2.12. The summed E-state index contributed by atoms with van der Waals surface area (Å²) in [4.78, 5) is 37.2. The first-order valence-corrected chi connectivity index (χ1v) is 9.38. The highest BCUT2D eigenvalue weighted by Gasteiger charge is 2.25. The van der Waals surface area contributed by atoms with Gasteiger partial charge < -0.3 is 25.1 Å². The Morgan fingerprint density at radius 2 is 2.07 bits per heavy atom. The summed E-state index contributed by atoms with van der Waals surface area (Å²) in [5.74, 6) is 0.0737. The van der Waals surface area contributed by atoms with Crippen molar-refractivity contribution in [2.45, 2.75) is 46.6 Å². The molecule has 0 spiro atoms. The average Bonchev–Trinajstić information content (AvgIpc) is 2.99. The standard InChI is InChI=1S/C19H29N3O5/c1-12(2)9-21-19(26)22-6-4-5-14(11-22)7-17(23)20-10-15-8-16(18(24)25)13(3)27-15/h8,12,14H,4-7,9-11H2,1-3H3,(H,20,23)(H,21,26)(H,24,25). The lowest BCUT2D eigenvalue weighted by atomic mass is 9.94. The van der Waals surface area contributed by atoms with E-state index in [9.17, 15) is 14.4 Å². The van der Waals surface area contributed by atoms with Gasteiger partial charge in [0.05, 0.1) is 6.54 Å². The molecule has 27 heavy (non-hydrogen) atoms. The molecule has 1 atom stereocenters. The van der Waals surface area contributed by atoms with Gasteiger partial charge in [0.2, 0.25) is 5.91 Å². The predicted octanol–water partition coefficient (Wildman–Crippen LogP) is 2.37. The minimum absolute atomic E-state index is 0.0685. The molecule has 1 fully saturated rings. The fourth-order valence-electron chi connectivity index (χ4n) is 3.18. The van der Waals surface area contributed by atoms with Gasteiger partial charge in [-0.3, -0.25) is 4.79 Å². The number of nitrogens with one attached hydrogen (secondary N) is 2. The van der Waals surface area contributed by atoms with Gasteiger partial charge in [-0.1, -0.05) is 13.8 Å². The van der Waals surface area contributed by atoms with Crippen molar-refractivity contribution < 1.29 is 23.9 Å². The minimum Gasteiger partial charge on any atom is -0.478 e. The van der Waals surface area contributed by atoms with Gasteiger partial charge >= 0.3 is 12.0 Å². The van der Waals surface area contributed by atoms with Gasteiger partial charge in [-0.15, -0.1) is 0 Å². The Kier molecular flexibility index (Phi) is 7.27. The number of carboxylic acids is 1. The van der Waals surface area contributed by atoms with E-state index < -0.39 is 5.97 Å². The van der Waals surface area contributed by atoms with E-state index in [1.54, 1.807) is 11.8 Å². The molecule has 1 aromatic rings. The van der Waals surface area contributed by atoms with E-state index in [1.807, 2.05) is 13.8 Å². The zero-order valence-corrected chi connectivity index (χ0v) is 16.2. The maximum absolute atomic E-state index is 12.2. The highest BCUT2D eigenvalue weighted by atomic mass is 16.4. The molecule has 150 valence electrons. The van der Waals surface area contributed by atoms with Crippen LogP contribution in [-0.2, 0) is 11.3 Å². The number of carboxylic acid groups (broad SMARTS) is 1. The van der Waals surface area contributed by atoms with Crippen molar-refractivity contribution in [2.75, 3.05) is 19.6 Å². The molecule has 3 N–H and O–H groups in total. The van der Waals surface area contributed by atoms with E-state index in [0.29, 0.717) is 43.5 Å². The molecule has 0 saturated carbocycles. The third kappa shape index (κ3) is 6.30. The molecule has 1 unspecified atom stereocenters. The fourth-order valence-corrected chi connectivity index (χ4v) is 3.18. The quantitative estimate of drug-likeness (QED) is 0.673. The number of hydrogen-bond acceptors (Lipinski definition) is 4. The number of carbonyl (C=O) groups excluding carboxylic acids is 2. The highest BCUT2D eigenvalue weighted by molar-refractivity contribution is 5.88. The van der Waals surface area contributed by atoms with Crippen molar-refractivity contribution in [3.05, 3.63) is 23.2 Å². The number of likely N-dealkylation sites (tertiary alicyclic amines) is 1. The number of aromatic carboxylic acids is 1. The van der Waals surface area contributed by atoms with Crippen molar-refractivity contribution in [2.24, 2.45) is 11.8 Å². The maximum Gasteiger partial charge on any atom is 0.339 e. The summed E-state index contributed by atoms with van der Waals surface area (Å²) in [6.45, 7) is 7.74. The Hall–Kier alpha value is -2.51. The molecule has 1 aromatic heterocycles. The molecular formula is C19H29N3O5. The van der Waals surface area contributed by atoms with Crippen LogP contribution in [0, 0.1) is 18.8 Å². The third-order valence-corrected chi connectivity index (χ3v) is 4.60. The Morgan fingerprint density at radius 1 is 1.33 bits per heavy atom. The predicted molar refractivity (Wildman–Crippen MR) is 99.4 cm³/mol. The summed E-state index contributed by atoms with van der Waals surface area (Å²) in [5, 5.41) is 14.7. The van der Waals surface area contributed by atoms with Crippen molar-refractivity contribution in [1.82, 2.24) is 15.5 Å². The molecule has 2 heterocycles. The summed E-state index contributed by atoms with van der Waals surface area (Å²) in [7, 11) is 0. The third-order valence-electron chi connectivity index (χ3n) is 4.60. The molecule has 1 aliphatic heterocycles. The van der Waals surface area contributed by atoms with Gasteiger partial charge in [-0.05, 0) is 37.7 Å². The molecule has 8 nitrogen and oxygen atoms in total. The number of rotatable bonds is 7. The first-order valence-electron chi connectivity index (χ1n) is 9.38. The average molecular weight is 379 g/mol. The topological polar surface area (TPSA) is 112 Å². The van der Waals surface area contributed by atoms with Gasteiger partial charge in [0.15, 0.2) is 0 Å². The van der Waals surface area contributed by atoms with E-state index >= 15 is 0 Å². The Morgan fingerprint density at radius 3 is 2.70 bits per heavy atom. The van der Waals surface area contributed by atoms with Crippen LogP contribution >= 0.6 is 0 Å². The zero-order chi connectivity index (χ0) is 20.0. The second-order valence-electron chi connectivity index (χ2n) is 7.50. The monoisotopic (exact) mass is 379 g/mol. The molecule has 3 amide bonds. The lowest BCUT2D eigenvalue weighted by molar-refractivity contribution is -0.122. The van der Waals surface area contributed by atoms with E-state index in [2.05, 4.69) is 10.6 Å². The number of aryl methyl sites for hydroxylation is 1. The van der Waals surface area contributed by atoms with Gasteiger partial charge in [-0.2, -0.15) is 0 Å². The molecule has 0 bridgehead atoms. The first-order chi connectivity index (χ1) is 12.8. The van der Waals surface area contributed by atoms with Crippen LogP contribution in [0.25, 0.3) is 0 Å². The van der Waals surface area contributed by atoms with Gasteiger partial charge in [0, 0.05) is 26.1 Å². The zero-order valence-electron chi connectivity index (χ0n) is 16.2. The van der Waals surface area contributed by atoms with Gasteiger partial charge in [0.25, 0.3) is 0 Å². The van der Waals surface area contributed by atoms with Gasteiger partial charge in [0.1, 0.15) is 17.1 Å². The number of urea groups is 1. The van der Waals surface area contributed by atoms with Crippen LogP contribution in [0.3, 0.4) is 0 Å². The number of nitrogens with zero attached hydrogens (tertiary/aromatic N) is 1. The highest BCUT2D eigenvalue weighted by Crippen LogP contribution is 2.20. The first kappa shape index (κ1) is 20.8. The maximum atomic E-state index is 12.2. The smallest absolute Gasteiger partial charge is 0.339 e. The van der Waals surface area contributed by atoms with Crippen LogP contribution < -0.4 is 10.6 Å². The molecule has 8 heteroatoms. The van der Waals surface area contributed by atoms with E-state index in [0.717, 1.165) is 12.8 Å². The van der Waals surface area contributed by atoms with Crippen LogP contribution in [0.4, 0.5) is 4.79 Å². The molecule has 1 saturated heterocycles. The SMILES string of the molecule is Cc1oc(CNC(=O)CC2CCCN(C(=O)NCC(C)C)C2)cc1C(=O)O. The molecule has 0 aromatic carbocycles. The molecule has 0 aliphatic carbocycles. The Bertz CT molecular complexity index is 683. The lowest BCUT2D eigenvalue weighted by Crippen LogP contribution is -2.47. The van der Waals surface area contributed by atoms with Gasteiger partial charge in [-0.25, -0.2) is 9.59 Å². The molecule has 2 rings (SSSR count). The van der Waals surface area contributed by atoms with Crippen molar-refractivity contribution in [1.29, 1.82) is 0 Å². The van der Waals surface area contributed by atoms with Crippen LogP contribution in [0.2, 0.25) is 0 Å². The second kappa shape index (κ2) is 9.43. The van der Waals surface area contributed by atoms with Crippen LogP contribution in [0.1, 0.15) is 55.0 Å². The number of carbonyl (C=O) groups is 3. The van der Waals surface area contributed by atoms with E-state index in [1.165, 1.54) is 6.07 Å². The number of amides is 3. The largest absolute Gasteiger partial charge is 0.478 e. The second-order valence-corrected chi connectivity index (χ2v) is 7.50. The number of furan rings is 1.